The van der Waals surface area contributed by atoms with Crippen molar-refractivity contribution in [2.75, 3.05) is 22.4 Å². The third-order valence-electron chi connectivity index (χ3n) is 5.21. The van der Waals surface area contributed by atoms with Gasteiger partial charge in [0.1, 0.15) is 0 Å². The molecule has 0 saturated heterocycles. The number of benzene rings is 1. The maximum absolute atomic E-state index is 12.4. The summed E-state index contributed by atoms with van der Waals surface area (Å²) in [5, 5.41) is 11.9. The molecule has 0 aromatic heterocycles. The van der Waals surface area contributed by atoms with Crippen LogP contribution in [-0.4, -0.2) is 38.2 Å². The van der Waals surface area contributed by atoms with E-state index < -0.39 is 33.2 Å². The smallest absolute Gasteiger partial charge is 0.307 e. The van der Waals surface area contributed by atoms with Gasteiger partial charge in [-0.15, -0.1) is 0 Å². The number of carbonyl (C=O) groups is 2. The van der Waals surface area contributed by atoms with Crippen LogP contribution >= 0.6 is 0 Å². The Morgan fingerprint density at radius 2 is 1.96 bits per heavy atom. The van der Waals surface area contributed by atoms with E-state index in [0.29, 0.717) is 17.9 Å². The summed E-state index contributed by atoms with van der Waals surface area (Å²) >= 11 is 0. The van der Waals surface area contributed by atoms with Crippen LogP contribution in [0.15, 0.2) is 18.2 Å². The lowest BCUT2D eigenvalue weighted by molar-refractivity contribution is -0.140. The SMILES string of the molecule is CC1(C)[C@@H](C(=O)O)[C@@H]1C(=O)Nc1ccc2c(c1)N(S(C)(=O)=O)CCC2. The van der Waals surface area contributed by atoms with Gasteiger partial charge in [0, 0.05) is 12.2 Å². The van der Waals surface area contributed by atoms with Gasteiger partial charge < -0.3 is 10.4 Å². The number of nitrogens with zero attached hydrogens (tertiary/aromatic N) is 1. The van der Waals surface area contributed by atoms with Gasteiger partial charge in [0.15, 0.2) is 0 Å². The topological polar surface area (TPSA) is 104 Å². The van der Waals surface area contributed by atoms with Crippen LogP contribution in [0.1, 0.15) is 25.8 Å². The second-order valence-electron chi connectivity index (χ2n) is 7.39. The van der Waals surface area contributed by atoms with Crippen molar-refractivity contribution in [2.24, 2.45) is 17.3 Å². The molecule has 1 saturated carbocycles. The van der Waals surface area contributed by atoms with E-state index in [1.54, 1.807) is 26.0 Å². The molecule has 2 N–H and O–H groups in total. The number of hydrogen-bond donors (Lipinski definition) is 2. The molecule has 0 radical (unpaired) electrons. The first-order chi connectivity index (χ1) is 11.5. The molecule has 1 fully saturated rings. The zero-order valence-electron chi connectivity index (χ0n) is 14.4. The molecule has 1 aromatic rings. The quantitative estimate of drug-likeness (QED) is 0.844. The number of aryl methyl sites for hydroxylation is 1. The second-order valence-corrected chi connectivity index (χ2v) is 9.29. The zero-order chi connectivity index (χ0) is 18.6. The van der Waals surface area contributed by atoms with Gasteiger partial charge >= 0.3 is 5.97 Å². The van der Waals surface area contributed by atoms with E-state index in [0.717, 1.165) is 24.7 Å². The predicted octanol–water partition coefficient (Wildman–Crippen LogP) is 1.69. The highest BCUT2D eigenvalue weighted by molar-refractivity contribution is 7.92. The highest BCUT2D eigenvalue weighted by Crippen LogP contribution is 2.58. The maximum atomic E-state index is 12.4. The Kier molecular flexibility index (Phi) is 4.06. The number of aliphatic carboxylic acids is 1. The molecular formula is C17H22N2O5S. The monoisotopic (exact) mass is 366 g/mol. The lowest BCUT2D eigenvalue weighted by atomic mass is 10.0. The fraction of sp³-hybridized carbons (Fsp3) is 0.529. The second kappa shape index (κ2) is 5.72. The van der Waals surface area contributed by atoms with Crippen molar-refractivity contribution in [3.05, 3.63) is 23.8 Å². The number of amides is 1. The van der Waals surface area contributed by atoms with Gasteiger partial charge in [0.25, 0.3) is 0 Å². The first-order valence-electron chi connectivity index (χ1n) is 8.18. The molecule has 25 heavy (non-hydrogen) atoms. The summed E-state index contributed by atoms with van der Waals surface area (Å²) in [6.07, 6.45) is 2.70. The van der Waals surface area contributed by atoms with E-state index in [2.05, 4.69) is 5.32 Å². The van der Waals surface area contributed by atoms with Crippen LogP contribution < -0.4 is 9.62 Å². The molecule has 0 unspecified atom stereocenters. The van der Waals surface area contributed by atoms with Crippen LogP contribution in [0.2, 0.25) is 0 Å². The highest BCUT2D eigenvalue weighted by Gasteiger charge is 2.65. The van der Waals surface area contributed by atoms with Crippen molar-refractivity contribution >= 4 is 33.3 Å². The average molecular weight is 366 g/mol. The number of anilines is 2. The van der Waals surface area contributed by atoms with Crippen LogP contribution in [0.3, 0.4) is 0 Å². The molecule has 3 rings (SSSR count). The van der Waals surface area contributed by atoms with E-state index in [9.17, 15) is 23.1 Å². The standard InChI is InChI=1S/C17H22N2O5S/c1-17(2)13(14(17)16(21)22)15(20)18-11-7-6-10-5-4-8-19(12(10)9-11)25(3,23)24/h6-7,9,13-14H,4-5,8H2,1-3H3,(H,18,20)(H,21,22)/t13-,14-/m1/s1. The normalized spacial score (nSPS) is 24.4. The first-order valence-corrected chi connectivity index (χ1v) is 10.0. The number of carbonyl (C=O) groups excluding carboxylic acids is 1. The summed E-state index contributed by atoms with van der Waals surface area (Å²) in [5.41, 5.74) is 1.40. The summed E-state index contributed by atoms with van der Waals surface area (Å²) in [5.74, 6) is -2.61. The molecule has 136 valence electrons. The van der Waals surface area contributed by atoms with E-state index in [1.807, 2.05) is 6.07 Å². The van der Waals surface area contributed by atoms with Gasteiger partial charge in [-0.3, -0.25) is 13.9 Å². The minimum Gasteiger partial charge on any atom is -0.481 e. The zero-order valence-corrected chi connectivity index (χ0v) is 15.3. The summed E-state index contributed by atoms with van der Waals surface area (Å²) in [6.45, 7) is 3.93. The molecule has 0 bridgehead atoms. The van der Waals surface area contributed by atoms with Crippen molar-refractivity contribution in [1.29, 1.82) is 0 Å². The molecule has 1 aliphatic carbocycles. The summed E-state index contributed by atoms with van der Waals surface area (Å²) in [4.78, 5) is 23.7. The molecule has 1 heterocycles. The van der Waals surface area contributed by atoms with Gasteiger partial charge in [-0.2, -0.15) is 0 Å². The summed E-state index contributed by atoms with van der Waals surface area (Å²) < 4.78 is 25.3. The lowest BCUT2D eigenvalue weighted by Crippen LogP contribution is -2.34. The Labute approximate surface area is 147 Å². The predicted molar refractivity (Wildman–Crippen MR) is 94.0 cm³/mol. The van der Waals surface area contributed by atoms with E-state index >= 15 is 0 Å². The maximum Gasteiger partial charge on any atom is 0.307 e. The molecule has 1 aliphatic heterocycles. The average Bonchev–Trinajstić information content (AvgIpc) is 3.08. The fourth-order valence-corrected chi connectivity index (χ4v) is 4.76. The lowest BCUT2D eigenvalue weighted by Gasteiger charge is -2.29. The fourth-order valence-electron chi connectivity index (χ4n) is 3.77. The van der Waals surface area contributed by atoms with Crippen molar-refractivity contribution in [1.82, 2.24) is 0 Å². The minimum absolute atomic E-state index is 0.348. The highest BCUT2D eigenvalue weighted by atomic mass is 32.2. The first kappa shape index (κ1) is 17.7. The third-order valence-corrected chi connectivity index (χ3v) is 6.38. The van der Waals surface area contributed by atoms with Crippen LogP contribution in [-0.2, 0) is 26.0 Å². The van der Waals surface area contributed by atoms with E-state index in [-0.39, 0.29) is 5.91 Å². The molecule has 7 nitrogen and oxygen atoms in total. The molecule has 2 atom stereocenters. The summed E-state index contributed by atoms with van der Waals surface area (Å²) in [6, 6.07) is 5.20. The van der Waals surface area contributed by atoms with Crippen LogP contribution in [0.25, 0.3) is 0 Å². The van der Waals surface area contributed by atoms with E-state index in [4.69, 9.17) is 0 Å². The number of carboxylic acid groups (broad SMARTS) is 1. The van der Waals surface area contributed by atoms with Crippen molar-refractivity contribution in [3.63, 3.8) is 0 Å². The van der Waals surface area contributed by atoms with Crippen LogP contribution in [0.5, 0.6) is 0 Å². The number of sulfonamides is 1. The van der Waals surface area contributed by atoms with Crippen LogP contribution in [0, 0.1) is 17.3 Å². The Morgan fingerprint density at radius 3 is 2.52 bits per heavy atom. The van der Waals surface area contributed by atoms with Gasteiger partial charge in [-0.25, -0.2) is 8.42 Å². The van der Waals surface area contributed by atoms with Gasteiger partial charge in [-0.05, 0) is 36.0 Å². The largest absolute Gasteiger partial charge is 0.481 e. The van der Waals surface area contributed by atoms with E-state index in [1.165, 1.54) is 4.31 Å². The Bertz CT molecular complexity index is 847. The Morgan fingerprint density at radius 1 is 1.28 bits per heavy atom. The van der Waals surface area contributed by atoms with Crippen molar-refractivity contribution in [3.8, 4) is 0 Å². The number of hydrogen-bond acceptors (Lipinski definition) is 4. The molecule has 0 spiro atoms. The van der Waals surface area contributed by atoms with Gasteiger partial charge in [0.05, 0.1) is 23.8 Å². The molecule has 1 amide bonds. The Hall–Kier alpha value is -2.09. The number of nitrogens with one attached hydrogen (secondary N) is 1. The molecule has 2 aliphatic rings. The number of carboxylic acids is 1. The molecular weight excluding hydrogens is 344 g/mol. The minimum atomic E-state index is -3.38. The molecule has 1 aromatic carbocycles. The van der Waals surface area contributed by atoms with Gasteiger partial charge in [0.2, 0.25) is 15.9 Å². The number of fused-ring (bicyclic) bond motifs is 1. The van der Waals surface area contributed by atoms with Crippen LogP contribution in [0.4, 0.5) is 11.4 Å². The summed E-state index contributed by atoms with van der Waals surface area (Å²) in [7, 11) is -3.38. The number of rotatable bonds is 4. The van der Waals surface area contributed by atoms with Crippen molar-refractivity contribution < 1.29 is 23.1 Å². The molecule has 8 heteroatoms. The van der Waals surface area contributed by atoms with Gasteiger partial charge in [-0.1, -0.05) is 19.9 Å². The van der Waals surface area contributed by atoms with Crippen molar-refractivity contribution in [2.45, 2.75) is 26.7 Å². The Balaban J connectivity index is 1.84. The third kappa shape index (κ3) is 3.10.